The van der Waals surface area contributed by atoms with Crippen LogP contribution in [0.25, 0.3) is 0 Å². The summed E-state index contributed by atoms with van der Waals surface area (Å²) in [5.41, 5.74) is 6.64. The Labute approximate surface area is 107 Å². The van der Waals surface area contributed by atoms with Crippen molar-refractivity contribution >= 4 is 0 Å². The highest BCUT2D eigenvalue weighted by atomic mass is 14.8. The van der Waals surface area contributed by atoms with E-state index in [1.54, 1.807) is 0 Å². The summed E-state index contributed by atoms with van der Waals surface area (Å²) in [7, 11) is 0. The smallest absolute Gasteiger partial charge is 0.0101 e. The molecule has 0 aromatic carbocycles. The molecule has 2 N–H and O–H groups in total. The minimum Gasteiger partial charge on any atom is -0.327 e. The number of hydrogen-bond acceptors (Lipinski definition) is 1. The minimum atomic E-state index is 0.535. The molecule has 1 heteroatoms. The van der Waals surface area contributed by atoms with Gasteiger partial charge < -0.3 is 5.73 Å². The zero-order chi connectivity index (χ0) is 12.0. The molecule has 0 radical (unpaired) electrons. The summed E-state index contributed by atoms with van der Waals surface area (Å²) in [6.45, 7) is 4.85. The summed E-state index contributed by atoms with van der Waals surface area (Å²) in [4.78, 5) is 0. The van der Waals surface area contributed by atoms with Gasteiger partial charge in [-0.1, -0.05) is 26.7 Å². The average Bonchev–Trinajstić information content (AvgIpc) is 3.00. The van der Waals surface area contributed by atoms with Crippen LogP contribution in [-0.2, 0) is 0 Å². The van der Waals surface area contributed by atoms with Crippen molar-refractivity contribution in [3.63, 3.8) is 0 Å². The van der Waals surface area contributed by atoms with E-state index in [9.17, 15) is 0 Å². The number of rotatable bonds is 2. The monoisotopic (exact) mass is 235 g/mol. The Balaban J connectivity index is 1.60. The van der Waals surface area contributed by atoms with E-state index in [0.29, 0.717) is 6.04 Å². The number of fused-ring (bicyclic) bond motifs is 1. The fraction of sp³-hybridized carbons (Fsp3) is 1.00. The van der Waals surface area contributed by atoms with Crippen molar-refractivity contribution in [3.05, 3.63) is 0 Å². The fourth-order valence-electron chi connectivity index (χ4n) is 5.26. The molecule has 0 aromatic rings. The van der Waals surface area contributed by atoms with Crippen LogP contribution in [0.5, 0.6) is 0 Å². The summed E-state index contributed by atoms with van der Waals surface area (Å²) in [5, 5.41) is 0. The maximum absolute atomic E-state index is 6.64. The van der Waals surface area contributed by atoms with Crippen molar-refractivity contribution in [1.82, 2.24) is 0 Å². The Morgan fingerprint density at radius 2 is 1.41 bits per heavy atom. The zero-order valence-corrected chi connectivity index (χ0v) is 11.6. The third-order valence-electron chi connectivity index (χ3n) is 5.93. The minimum absolute atomic E-state index is 0.535. The van der Waals surface area contributed by atoms with Gasteiger partial charge in [-0.15, -0.1) is 0 Å². The first kappa shape index (κ1) is 12.0. The first-order chi connectivity index (χ1) is 8.16. The third-order valence-corrected chi connectivity index (χ3v) is 5.93. The lowest BCUT2D eigenvalue weighted by atomic mass is 9.72. The molecule has 17 heavy (non-hydrogen) atoms. The fourth-order valence-corrected chi connectivity index (χ4v) is 5.26. The molecule has 3 aliphatic carbocycles. The molecule has 0 aromatic heterocycles. The zero-order valence-electron chi connectivity index (χ0n) is 11.6. The third kappa shape index (κ3) is 2.28. The van der Waals surface area contributed by atoms with Crippen LogP contribution in [0, 0.1) is 35.5 Å². The van der Waals surface area contributed by atoms with E-state index in [4.69, 9.17) is 5.73 Å². The van der Waals surface area contributed by atoms with Gasteiger partial charge in [0.25, 0.3) is 0 Å². The van der Waals surface area contributed by atoms with Gasteiger partial charge in [0, 0.05) is 6.04 Å². The second-order valence-corrected chi connectivity index (χ2v) is 7.44. The van der Waals surface area contributed by atoms with Crippen LogP contribution in [0.1, 0.15) is 58.8 Å². The molecular weight excluding hydrogens is 206 g/mol. The van der Waals surface area contributed by atoms with Gasteiger partial charge in [-0.25, -0.2) is 0 Å². The maximum atomic E-state index is 6.64. The van der Waals surface area contributed by atoms with E-state index in [1.165, 1.54) is 44.9 Å². The largest absolute Gasteiger partial charge is 0.327 e. The van der Waals surface area contributed by atoms with E-state index in [0.717, 1.165) is 35.5 Å². The Morgan fingerprint density at radius 3 is 1.94 bits per heavy atom. The lowest BCUT2D eigenvalue weighted by molar-refractivity contribution is 0.179. The quantitative estimate of drug-likeness (QED) is 0.773. The van der Waals surface area contributed by atoms with Crippen LogP contribution in [0.4, 0.5) is 0 Å². The number of hydrogen-bond donors (Lipinski definition) is 1. The summed E-state index contributed by atoms with van der Waals surface area (Å²) >= 11 is 0. The van der Waals surface area contributed by atoms with Gasteiger partial charge in [-0.05, 0) is 67.6 Å². The van der Waals surface area contributed by atoms with E-state index < -0.39 is 0 Å². The Hall–Kier alpha value is -0.0400. The Kier molecular flexibility index (Phi) is 3.23. The molecule has 3 rings (SSSR count). The molecule has 0 saturated heterocycles. The van der Waals surface area contributed by atoms with E-state index in [1.807, 2.05) is 0 Å². The van der Waals surface area contributed by atoms with Crippen molar-refractivity contribution in [2.45, 2.75) is 64.8 Å². The highest BCUT2D eigenvalue weighted by Gasteiger charge is 2.54. The predicted octanol–water partition coefficient (Wildman–Crippen LogP) is 3.82. The van der Waals surface area contributed by atoms with Crippen molar-refractivity contribution < 1.29 is 0 Å². The van der Waals surface area contributed by atoms with Gasteiger partial charge in [0.1, 0.15) is 0 Å². The summed E-state index contributed by atoms with van der Waals surface area (Å²) in [6.07, 6.45) is 10.2. The summed E-state index contributed by atoms with van der Waals surface area (Å²) in [5.74, 6) is 5.65. The van der Waals surface area contributed by atoms with Gasteiger partial charge in [-0.3, -0.25) is 0 Å². The molecule has 1 nitrogen and oxygen atoms in total. The van der Waals surface area contributed by atoms with Gasteiger partial charge >= 0.3 is 0 Å². The van der Waals surface area contributed by atoms with Crippen LogP contribution in [-0.4, -0.2) is 6.04 Å². The van der Waals surface area contributed by atoms with Crippen molar-refractivity contribution in [1.29, 1.82) is 0 Å². The summed E-state index contributed by atoms with van der Waals surface area (Å²) in [6, 6.07) is 0.535. The van der Waals surface area contributed by atoms with Crippen LogP contribution in [0.2, 0.25) is 0 Å². The van der Waals surface area contributed by atoms with E-state index in [-0.39, 0.29) is 0 Å². The molecule has 0 amide bonds. The molecule has 5 unspecified atom stereocenters. The van der Waals surface area contributed by atoms with Crippen molar-refractivity contribution in [2.24, 2.45) is 41.2 Å². The molecule has 0 heterocycles. The SMILES string of the molecule is CC1CC(C)CC(C(N)C2C3CCCCC32)C1. The first-order valence-corrected chi connectivity index (χ1v) is 7.92. The molecule has 0 spiro atoms. The normalized spacial score (nSPS) is 51.7. The van der Waals surface area contributed by atoms with E-state index in [2.05, 4.69) is 13.8 Å². The molecule has 3 saturated carbocycles. The van der Waals surface area contributed by atoms with Gasteiger partial charge in [0.2, 0.25) is 0 Å². The first-order valence-electron chi connectivity index (χ1n) is 7.92. The molecule has 0 aliphatic heterocycles. The number of nitrogens with two attached hydrogens (primary N) is 1. The molecule has 98 valence electrons. The molecular formula is C16H29N. The lowest BCUT2D eigenvalue weighted by Crippen LogP contribution is -2.38. The lowest BCUT2D eigenvalue weighted by Gasteiger charge is -2.35. The molecule has 3 fully saturated rings. The van der Waals surface area contributed by atoms with Gasteiger partial charge in [-0.2, -0.15) is 0 Å². The topological polar surface area (TPSA) is 26.0 Å². The highest BCUT2D eigenvalue weighted by Crippen LogP contribution is 2.58. The van der Waals surface area contributed by atoms with Gasteiger partial charge in [0.15, 0.2) is 0 Å². The summed E-state index contributed by atoms with van der Waals surface area (Å²) < 4.78 is 0. The average molecular weight is 235 g/mol. The van der Waals surface area contributed by atoms with Crippen LogP contribution in [0.15, 0.2) is 0 Å². The predicted molar refractivity (Wildman–Crippen MR) is 72.6 cm³/mol. The Bertz CT molecular complexity index is 253. The Morgan fingerprint density at radius 1 is 0.882 bits per heavy atom. The van der Waals surface area contributed by atoms with Crippen molar-refractivity contribution in [2.75, 3.05) is 0 Å². The second kappa shape index (κ2) is 4.57. The van der Waals surface area contributed by atoms with Crippen molar-refractivity contribution in [3.8, 4) is 0 Å². The second-order valence-electron chi connectivity index (χ2n) is 7.44. The van der Waals surface area contributed by atoms with Crippen LogP contribution < -0.4 is 5.73 Å². The van der Waals surface area contributed by atoms with E-state index >= 15 is 0 Å². The maximum Gasteiger partial charge on any atom is 0.0101 e. The standard InChI is InChI=1S/C16H29N/c1-10-7-11(2)9-12(8-10)16(17)15-13-5-3-4-6-14(13)15/h10-16H,3-9,17H2,1-2H3. The van der Waals surface area contributed by atoms with Crippen LogP contribution >= 0.6 is 0 Å². The molecule has 5 atom stereocenters. The molecule has 3 aliphatic rings. The molecule has 0 bridgehead atoms. The van der Waals surface area contributed by atoms with Crippen LogP contribution in [0.3, 0.4) is 0 Å². The highest BCUT2D eigenvalue weighted by molar-refractivity contribution is 5.05. The van der Waals surface area contributed by atoms with Gasteiger partial charge in [0.05, 0.1) is 0 Å².